The quantitative estimate of drug-likeness (QED) is 0.688. The van der Waals surface area contributed by atoms with Crippen LogP contribution in [0, 0.1) is 13.8 Å². The molecule has 28 heavy (non-hydrogen) atoms. The molecule has 0 amide bonds. The Morgan fingerprint density at radius 2 is 1.68 bits per heavy atom. The number of piperazine rings is 1. The average Bonchev–Trinajstić information content (AvgIpc) is 2.72. The van der Waals surface area contributed by atoms with Gasteiger partial charge in [0.2, 0.25) is 5.95 Å². The SMILES string of the molecule is Cc1cccc(Nc2ccnc(N3CCN(c4cccc(Cl)c4)CC3)n2)c1C. The molecule has 0 atom stereocenters. The van der Waals surface area contributed by atoms with E-state index in [1.165, 1.54) is 16.8 Å². The first-order valence-electron chi connectivity index (χ1n) is 9.52. The molecule has 1 saturated heterocycles. The molecular weight excluding hydrogens is 370 g/mol. The second-order valence-electron chi connectivity index (χ2n) is 7.07. The highest BCUT2D eigenvalue weighted by molar-refractivity contribution is 6.30. The van der Waals surface area contributed by atoms with Crippen LogP contribution in [0.2, 0.25) is 5.02 Å². The first-order valence-corrected chi connectivity index (χ1v) is 9.90. The number of halogens is 1. The lowest BCUT2D eigenvalue weighted by molar-refractivity contribution is 0.640. The first kappa shape index (κ1) is 18.6. The summed E-state index contributed by atoms with van der Waals surface area (Å²) in [6, 6.07) is 16.2. The summed E-state index contributed by atoms with van der Waals surface area (Å²) in [6.07, 6.45) is 1.82. The average molecular weight is 394 g/mol. The van der Waals surface area contributed by atoms with Crippen LogP contribution in [0.3, 0.4) is 0 Å². The Balaban J connectivity index is 1.44. The number of aryl methyl sites for hydroxylation is 1. The van der Waals surface area contributed by atoms with Gasteiger partial charge in [0.15, 0.2) is 0 Å². The van der Waals surface area contributed by atoms with Crippen LogP contribution < -0.4 is 15.1 Å². The summed E-state index contributed by atoms with van der Waals surface area (Å²) in [5, 5.41) is 4.20. The zero-order chi connectivity index (χ0) is 19.5. The monoisotopic (exact) mass is 393 g/mol. The van der Waals surface area contributed by atoms with E-state index in [-0.39, 0.29) is 0 Å². The van der Waals surface area contributed by atoms with Crippen molar-refractivity contribution in [3.8, 4) is 0 Å². The smallest absolute Gasteiger partial charge is 0.227 e. The maximum atomic E-state index is 6.13. The topological polar surface area (TPSA) is 44.3 Å². The molecule has 144 valence electrons. The minimum atomic E-state index is 0.765. The number of benzene rings is 2. The van der Waals surface area contributed by atoms with Crippen molar-refractivity contribution in [2.24, 2.45) is 0 Å². The van der Waals surface area contributed by atoms with Gasteiger partial charge in [-0.25, -0.2) is 4.98 Å². The largest absolute Gasteiger partial charge is 0.368 e. The normalized spacial score (nSPS) is 14.2. The maximum absolute atomic E-state index is 6.13. The fourth-order valence-corrected chi connectivity index (χ4v) is 3.62. The number of anilines is 4. The van der Waals surface area contributed by atoms with Gasteiger partial charge in [-0.15, -0.1) is 0 Å². The minimum absolute atomic E-state index is 0.765. The molecule has 2 heterocycles. The molecule has 2 aromatic carbocycles. The molecule has 0 aliphatic carbocycles. The van der Waals surface area contributed by atoms with E-state index in [1.54, 1.807) is 0 Å². The van der Waals surface area contributed by atoms with Gasteiger partial charge in [0.05, 0.1) is 0 Å². The number of hydrogen-bond donors (Lipinski definition) is 1. The van der Waals surface area contributed by atoms with Crippen molar-refractivity contribution in [2.45, 2.75) is 13.8 Å². The van der Waals surface area contributed by atoms with Crippen molar-refractivity contribution in [1.82, 2.24) is 9.97 Å². The molecule has 6 heteroatoms. The van der Waals surface area contributed by atoms with Gasteiger partial charge in [0.25, 0.3) is 0 Å². The van der Waals surface area contributed by atoms with E-state index in [2.05, 4.69) is 58.2 Å². The number of nitrogens with one attached hydrogen (secondary N) is 1. The number of nitrogens with zero attached hydrogens (tertiary/aromatic N) is 4. The van der Waals surface area contributed by atoms with Gasteiger partial charge in [-0.05, 0) is 55.3 Å². The minimum Gasteiger partial charge on any atom is -0.368 e. The Morgan fingerprint density at radius 3 is 2.46 bits per heavy atom. The highest BCUT2D eigenvalue weighted by Crippen LogP contribution is 2.24. The predicted octanol–water partition coefficient (Wildman–Crippen LogP) is 4.82. The third-order valence-electron chi connectivity index (χ3n) is 5.25. The highest BCUT2D eigenvalue weighted by atomic mass is 35.5. The van der Waals surface area contributed by atoms with Crippen molar-refractivity contribution >= 4 is 34.7 Å². The summed E-state index contributed by atoms with van der Waals surface area (Å²) in [5.74, 6) is 1.58. The molecule has 1 aliphatic rings. The summed E-state index contributed by atoms with van der Waals surface area (Å²) in [6.45, 7) is 7.82. The lowest BCUT2D eigenvalue weighted by Crippen LogP contribution is -2.47. The molecule has 0 spiro atoms. The molecule has 1 N–H and O–H groups in total. The van der Waals surface area contributed by atoms with Gasteiger partial charge < -0.3 is 15.1 Å². The molecule has 0 bridgehead atoms. The van der Waals surface area contributed by atoms with E-state index in [0.717, 1.165) is 48.7 Å². The lowest BCUT2D eigenvalue weighted by Gasteiger charge is -2.36. The molecule has 0 radical (unpaired) electrons. The Labute approximate surface area is 171 Å². The lowest BCUT2D eigenvalue weighted by atomic mass is 10.1. The van der Waals surface area contributed by atoms with E-state index in [0.29, 0.717) is 0 Å². The van der Waals surface area contributed by atoms with Crippen LogP contribution in [0.1, 0.15) is 11.1 Å². The van der Waals surface area contributed by atoms with Crippen LogP contribution in [0.25, 0.3) is 0 Å². The van der Waals surface area contributed by atoms with Gasteiger partial charge in [0, 0.05) is 48.8 Å². The van der Waals surface area contributed by atoms with Crippen molar-refractivity contribution in [1.29, 1.82) is 0 Å². The zero-order valence-electron chi connectivity index (χ0n) is 16.2. The summed E-state index contributed by atoms with van der Waals surface area (Å²) in [7, 11) is 0. The van der Waals surface area contributed by atoms with Crippen molar-refractivity contribution < 1.29 is 0 Å². The number of hydrogen-bond acceptors (Lipinski definition) is 5. The maximum Gasteiger partial charge on any atom is 0.227 e. The molecule has 3 aromatic rings. The second kappa shape index (κ2) is 8.07. The van der Waals surface area contributed by atoms with Crippen molar-refractivity contribution in [3.63, 3.8) is 0 Å². The fourth-order valence-electron chi connectivity index (χ4n) is 3.43. The van der Waals surface area contributed by atoms with E-state index in [9.17, 15) is 0 Å². The van der Waals surface area contributed by atoms with E-state index in [1.807, 2.05) is 30.5 Å². The van der Waals surface area contributed by atoms with Crippen molar-refractivity contribution in [3.05, 3.63) is 70.9 Å². The van der Waals surface area contributed by atoms with E-state index >= 15 is 0 Å². The Bertz CT molecular complexity index is 967. The van der Waals surface area contributed by atoms with Crippen LogP contribution in [-0.4, -0.2) is 36.1 Å². The summed E-state index contributed by atoms with van der Waals surface area (Å²) in [4.78, 5) is 13.8. The van der Waals surface area contributed by atoms with Crippen LogP contribution in [0.5, 0.6) is 0 Å². The molecule has 1 fully saturated rings. The van der Waals surface area contributed by atoms with Gasteiger partial charge >= 0.3 is 0 Å². The van der Waals surface area contributed by atoms with E-state index in [4.69, 9.17) is 16.6 Å². The molecule has 1 aromatic heterocycles. The summed E-state index contributed by atoms with van der Waals surface area (Å²) in [5.41, 5.74) is 4.74. The summed E-state index contributed by atoms with van der Waals surface area (Å²) >= 11 is 6.13. The second-order valence-corrected chi connectivity index (χ2v) is 7.50. The van der Waals surface area contributed by atoms with Crippen LogP contribution in [-0.2, 0) is 0 Å². The van der Waals surface area contributed by atoms with Gasteiger partial charge in [-0.1, -0.05) is 29.8 Å². The zero-order valence-corrected chi connectivity index (χ0v) is 16.9. The van der Waals surface area contributed by atoms with Gasteiger partial charge in [-0.2, -0.15) is 4.98 Å². The standard InChI is InChI=1S/C22H24ClN5/c1-16-5-3-8-20(17(16)2)25-21-9-10-24-22(26-21)28-13-11-27(12-14-28)19-7-4-6-18(23)15-19/h3-10,15H,11-14H2,1-2H3,(H,24,25,26). The summed E-state index contributed by atoms with van der Waals surface area (Å²) < 4.78 is 0. The molecule has 5 nitrogen and oxygen atoms in total. The first-order chi connectivity index (χ1) is 13.6. The van der Waals surface area contributed by atoms with Crippen LogP contribution >= 0.6 is 11.6 Å². The third-order valence-corrected chi connectivity index (χ3v) is 5.48. The van der Waals surface area contributed by atoms with Crippen LogP contribution in [0.15, 0.2) is 54.7 Å². The molecule has 0 saturated carbocycles. The predicted molar refractivity (Wildman–Crippen MR) is 117 cm³/mol. The molecule has 1 aliphatic heterocycles. The number of aromatic nitrogens is 2. The van der Waals surface area contributed by atoms with Gasteiger partial charge in [0.1, 0.15) is 5.82 Å². The Kier molecular flexibility index (Phi) is 5.35. The molecule has 0 unspecified atom stereocenters. The van der Waals surface area contributed by atoms with Crippen LogP contribution in [0.4, 0.5) is 23.1 Å². The Morgan fingerprint density at radius 1 is 0.929 bits per heavy atom. The fraction of sp³-hybridized carbons (Fsp3) is 0.273. The molecule has 4 rings (SSSR count). The highest BCUT2D eigenvalue weighted by Gasteiger charge is 2.19. The Hall–Kier alpha value is -2.79. The number of rotatable bonds is 4. The molecular formula is C22H24ClN5. The third kappa shape index (κ3) is 4.04. The van der Waals surface area contributed by atoms with Crippen molar-refractivity contribution in [2.75, 3.05) is 41.3 Å². The van der Waals surface area contributed by atoms with Gasteiger partial charge in [-0.3, -0.25) is 0 Å². The van der Waals surface area contributed by atoms with E-state index < -0.39 is 0 Å².